The number of aromatic hydroxyl groups is 1. The Labute approximate surface area is 109 Å². The van der Waals surface area contributed by atoms with E-state index in [1.165, 1.54) is 0 Å². The van der Waals surface area contributed by atoms with Gasteiger partial charge in [-0.2, -0.15) is 0 Å². The minimum absolute atomic E-state index is 0.200. The second-order valence-corrected chi connectivity index (χ2v) is 5.70. The number of nitrogens with one attached hydrogen (secondary N) is 1. The molecule has 1 aliphatic rings. The Hall–Kier alpha value is -1.27. The van der Waals surface area contributed by atoms with Crippen LogP contribution in [-0.2, 0) is 17.3 Å². The standard InChI is InChI=1S/C12H17NO4S/c1-18(15)4-2-3-13-7-9-5-11-12(6-10(9)14)17-8-16-11/h5-6,13-14H,2-4,7-8H2,1H3. The van der Waals surface area contributed by atoms with Crippen molar-refractivity contribution >= 4 is 10.8 Å². The summed E-state index contributed by atoms with van der Waals surface area (Å²) >= 11 is 0. The maximum absolute atomic E-state index is 10.9. The number of ether oxygens (including phenoxy) is 2. The van der Waals surface area contributed by atoms with Gasteiger partial charge in [0.15, 0.2) is 11.5 Å². The van der Waals surface area contributed by atoms with Gasteiger partial charge in [-0.05, 0) is 19.0 Å². The predicted octanol–water partition coefficient (Wildman–Crippen LogP) is 0.979. The molecule has 6 heteroatoms. The first-order chi connectivity index (χ1) is 8.66. The van der Waals surface area contributed by atoms with Crippen molar-refractivity contribution in [1.82, 2.24) is 5.32 Å². The maximum Gasteiger partial charge on any atom is 0.231 e. The van der Waals surface area contributed by atoms with Crippen LogP contribution in [0.3, 0.4) is 0 Å². The van der Waals surface area contributed by atoms with Crippen LogP contribution in [0.5, 0.6) is 17.2 Å². The topological polar surface area (TPSA) is 67.8 Å². The summed E-state index contributed by atoms with van der Waals surface area (Å²) in [6.07, 6.45) is 2.55. The van der Waals surface area contributed by atoms with E-state index >= 15 is 0 Å². The van der Waals surface area contributed by atoms with Crippen LogP contribution in [0.2, 0.25) is 0 Å². The van der Waals surface area contributed by atoms with Crippen molar-refractivity contribution in [3.05, 3.63) is 17.7 Å². The maximum atomic E-state index is 10.9. The summed E-state index contributed by atoms with van der Waals surface area (Å²) in [6, 6.07) is 3.35. The number of hydrogen-bond acceptors (Lipinski definition) is 5. The van der Waals surface area contributed by atoms with Crippen molar-refractivity contribution in [2.75, 3.05) is 25.3 Å². The van der Waals surface area contributed by atoms with E-state index in [1.807, 2.05) is 0 Å². The minimum Gasteiger partial charge on any atom is -0.507 e. The van der Waals surface area contributed by atoms with Crippen LogP contribution in [0.25, 0.3) is 0 Å². The van der Waals surface area contributed by atoms with E-state index in [1.54, 1.807) is 18.4 Å². The highest BCUT2D eigenvalue weighted by molar-refractivity contribution is 7.84. The summed E-state index contributed by atoms with van der Waals surface area (Å²) in [5, 5.41) is 13.0. The second-order valence-electron chi connectivity index (χ2n) is 4.14. The number of benzene rings is 1. The number of fused-ring (bicyclic) bond motifs is 1. The van der Waals surface area contributed by atoms with E-state index < -0.39 is 10.8 Å². The summed E-state index contributed by atoms with van der Waals surface area (Å²) in [7, 11) is -0.744. The summed E-state index contributed by atoms with van der Waals surface area (Å²) in [5.41, 5.74) is 0.775. The third-order valence-electron chi connectivity index (χ3n) is 2.67. The van der Waals surface area contributed by atoms with E-state index in [9.17, 15) is 9.32 Å². The first-order valence-electron chi connectivity index (χ1n) is 5.79. The molecule has 0 amide bonds. The lowest BCUT2D eigenvalue weighted by atomic mass is 10.1. The highest BCUT2D eigenvalue weighted by Gasteiger charge is 2.16. The molecule has 0 bridgehead atoms. The highest BCUT2D eigenvalue weighted by Crippen LogP contribution is 2.37. The van der Waals surface area contributed by atoms with E-state index in [-0.39, 0.29) is 12.5 Å². The summed E-state index contributed by atoms with van der Waals surface area (Å²) in [6.45, 7) is 1.53. The lowest BCUT2D eigenvalue weighted by Crippen LogP contribution is -2.16. The van der Waals surface area contributed by atoms with Gasteiger partial charge in [-0.3, -0.25) is 4.21 Å². The third kappa shape index (κ3) is 3.36. The van der Waals surface area contributed by atoms with E-state index in [0.717, 1.165) is 18.5 Å². The van der Waals surface area contributed by atoms with Crippen molar-refractivity contribution in [2.45, 2.75) is 13.0 Å². The second kappa shape index (κ2) is 6.06. The van der Waals surface area contributed by atoms with Gasteiger partial charge in [-0.25, -0.2) is 0 Å². The molecule has 0 aromatic heterocycles. The molecule has 2 rings (SSSR count). The third-order valence-corrected chi connectivity index (χ3v) is 3.54. The van der Waals surface area contributed by atoms with E-state index in [2.05, 4.69) is 5.32 Å². The molecule has 18 heavy (non-hydrogen) atoms. The average Bonchev–Trinajstić information content (AvgIpc) is 2.75. The molecular formula is C12H17NO4S. The van der Waals surface area contributed by atoms with Gasteiger partial charge in [0.25, 0.3) is 0 Å². The summed E-state index contributed by atoms with van der Waals surface area (Å²) in [4.78, 5) is 0. The Balaban J connectivity index is 1.84. The van der Waals surface area contributed by atoms with Gasteiger partial charge < -0.3 is 19.9 Å². The monoisotopic (exact) mass is 271 g/mol. The molecule has 0 saturated carbocycles. The average molecular weight is 271 g/mol. The number of phenolic OH excluding ortho intramolecular Hbond substituents is 1. The molecule has 0 fully saturated rings. The SMILES string of the molecule is CS(=O)CCCNCc1cc2c(cc1O)OCO2. The number of phenols is 1. The molecule has 2 N–H and O–H groups in total. The van der Waals surface area contributed by atoms with Gasteiger partial charge in [-0.1, -0.05) is 0 Å². The Morgan fingerprint density at radius 2 is 2.11 bits per heavy atom. The zero-order valence-electron chi connectivity index (χ0n) is 10.3. The quantitative estimate of drug-likeness (QED) is 0.755. The normalized spacial score (nSPS) is 14.7. The molecule has 1 heterocycles. The molecule has 1 unspecified atom stereocenters. The molecule has 0 radical (unpaired) electrons. The molecule has 1 atom stereocenters. The fourth-order valence-corrected chi connectivity index (χ4v) is 2.29. The molecule has 1 aliphatic heterocycles. The van der Waals surface area contributed by atoms with Crippen LogP contribution >= 0.6 is 0 Å². The Morgan fingerprint density at radius 1 is 1.39 bits per heavy atom. The molecule has 1 aromatic rings. The van der Waals surface area contributed by atoms with Crippen LogP contribution in [0.15, 0.2) is 12.1 Å². The van der Waals surface area contributed by atoms with Crippen molar-refractivity contribution in [1.29, 1.82) is 0 Å². The largest absolute Gasteiger partial charge is 0.507 e. The molecule has 0 spiro atoms. The van der Waals surface area contributed by atoms with Crippen LogP contribution in [0.1, 0.15) is 12.0 Å². The minimum atomic E-state index is -0.744. The lowest BCUT2D eigenvalue weighted by molar-refractivity contribution is 0.174. The van der Waals surface area contributed by atoms with Crippen LogP contribution in [0, 0.1) is 0 Å². The van der Waals surface area contributed by atoms with Gasteiger partial charge in [0.1, 0.15) is 5.75 Å². The van der Waals surface area contributed by atoms with Gasteiger partial charge in [0, 0.05) is 41.0 Å². The molecule has 0 saturated heterocycles. The highest BCUT2D eigenvalue weighted by atomic mass is 32.2. The van der Waals surface area contributed by atoms with Crippen molar-refractivity contribution in [2.24, 2.45) is 0 Å². The first kappa shape index (κ1) is 13.2. The van der Waals surface area contributed by atoms with Gasteiger partial charge in [0.05, 0.1) is 0 Å². The fourth-order valence-electron chi connectivity index (χ4n) is 1.74. The van der Waals surface area contributed by atoms with Crippen molar-refractivity contribution < 1.29 is 18.8 Å². The van der Waals surface area contributed by atoms with Crippen LogP contribution < -0.4 is 14.8 Å². The van der Waals surface area contributed by atoms with Gasteiger partial charge in [0.2, 0.25) is 6.79 Å². The molecule has 1 aromatic carbocycles. The van der Waals surface area contributed by atoms with E-state index in [4.69, 9.17) is 9.47 Å². The zero-order valence-corrected chi connectivity index (χ0v) is 11.1. The lowest BCUT2D eigenvalue weighted by Gasteiger charge is -2.07. The Bertz CT molecular complexity index is 450. The predicted molar refractivity (Wildman–Crippen MR) is 69.5 cm³/mol. The first-order valence-corrected chi connectivity index (χ1v) is 7.52. The smallest absolute Gasteiger partial charge is 0.231 e. The zero-order chi connectivity index (χ0) is 13.0. The summed E-state index contributed by atoms with van der Waals surface area (Å²) < 4.78 is 21.3. The van der Waals surface area contributed by atoms with Crippen molar-refractivity contribution in [3.8, 4) is 17.2 Å². The van der Waals surface area contributed by atoms with Crippen LogP contribution in [0.4, 0.5) is 0 Å². The molecule has 5 nitrogen and oxygen atoms in total. The summed E-state index contributed by atoms with van der Waals surface area (Å²) in [5.74, 6) is 2.14. The Kier molecular flexibility index (Phi) is 4.43. The van der Waals surface area contributed by atoms with Gasteiger partial charge >= 0.3 is 0 Å². The molecule has 0 aliphatic carbocycles. The fraction of sp³-hybridized carbons (Fsp3) is 0.500. The van der Waals surface area contributed by atoms with Crippen LogP contribution in [-0.4, -0.2) is 34.7 Å². The van der Waals surface area contributed by atoms with E-state index in [0.29, 0.717) is 23.8 Å². The Morgan fingerprint density at radius 3 is 2.83 bits per heavy atom. The molecule has 100 valence electrons. The number of hydrogen-bond donors (Lipinski definition) is 2. The van der Waals surface area contributed by atoms with Crippen molar-refractivity contribution in [3.63, 3.8) is 0 Å². The number of rotatable bonds is 6. The van der Waals surface area contributed by atoms with Gasteiger partial charge in [-0.15, -0.1) is 0 Å². The molecular weight excluding hydrogens is 254 g/mol.